The first-order chi connectivity index (χ1) is 14.0. The quantitative estimate of drug-likeness (QED) is 0.716. The molecule has 0 aliphatic carbocycles. The Kier molecular flexibility index (Phi) is 6.33. The van der Waals surface area contributed by atoms with Gasteiger partial charge in [-0.15, -0.1) is 0 Å². The van der Waals surface area contributed by atoms with E-state index in [4.69, 9.17) is 4.74 Å². The number of nitrogens with one attached hydrogen (secondary N) is 1. The van der Waals surface area contributed by atoms with Crippen molar-refractivity contribution in [3.63, 3.8) is 0 Å². The van der Waals surface area contributed by atoms with Gasteiger partial charge in [-0.1, -0.05) is 6.07 Å². The first-order valence-corrected chi connectivity index (χ1v) is 9.37. The van der Waals surface area contributed by atoms with Crippen molar-refractivity contribution in [2.75, 3.05) is 25.0 Å². The molecule has 1 amide bonds. The third-order valence-electron chi connectivity index (χ3n) is 4.99. The highest BCUT2D eigenvalue weighted by molar-refractivity contribution is 5.92. The van der Waals surface area contributed by atoms with Crippen LogP contribution in [-0.2, 0) is 11.0 Å². The van der Waals surface area contributed by atoms with Crippen LogP contribution >= 0.6 is 0 Å². The number of carbonyl (C=O) groups excluding carboxylic acids is 1. The van der Waals surface area contributed by atoms with Crippen molar-refractivity contribution in [2.24, 2.45) is 0 Å². The lowest BCUT2D eigenvalue weighted by Gasteiger charge is -2.42. The molecule has 1 heterocycles. The van der Waals surface area contributed by atoms with Crippen LogP contribution in [0, 0.1) is 5.82 Å². The zero-order chi connectivity index (χ0) is 21.9. The SMILES string of the molecule is C[C@]1(O)CCN(CC(=O)Nc2ccc(C(F)(F)F)cc2)C[C@@H]1Oc1cccc(F)c1. The molecule has 0 unspecified atom stereocenters. The summed E-state index contributed by atoms with van der Waals surface area (Å²) in [6.45, 7) is 2.25. The van der Waals surface area contributed by atoms with Gasteiger partial charge in [0.2, 0.25) is 5.91 Å². The molecule has 0 bridgehead atoms. The van der Waals surface area contributed by atoms with E-state index in [1.807, 2.05) is 0 Å². The summed E-state index contributed by atoms with van der Waals surface area (Å²) < 4.78 is 57.0. The van der Waals surface area contributed by atoms with Crippen molar-refractivity contribution in [3.8, 4) is 5.75 Å². The second-order valence-electron chi connectivity index (χ2n) is 7.53. The number of rotatable bonds is 5. The van der Waals surface area contributed by atoms with Crippen LogP contribution in [0.5, 0.6) is 5.75 Å². The van der Waals surface area contributed by atoms with Crippen molar-refractivity contribution in [2.45, 2.75) is 31.2 Å². The lowest BCUT2D eigenvalue weighted by molar-refractivity contribution is -0.137. The molecule has 5 nitrogen and oxygen atoms in total. The predicted molar refractivity (Wildman–Crippen MR) is 103 cm³/mol. The third-order valence-corrected chi connectivity index (χ3v) is 4.99. The molecule has 0 radical (unpaired) electrons. The molecular formula is C21H22F4N2O3. The van der Waals surface area contributed by atoms with Gasteiger partial charge >= 0.3 is 6.18 Å². The van der Waals surface area contributed by atoms with E-state index in [0.717, 1.165) is 12.1 Å². The second kappa shape index (κ2) is 8.61. The van der Waals surface area contributed by atoms with E-state index in [1.54, 1.807) is 17.9 Å². The number of alkyl halides is 3. The number of halogens is 4. The van der Waals surface area contributed by atoms with Gasteiger partial charge in [-0.2, -0.15) is 13.2 Å². The maximum Gasteiger partial charge on any atom is 0.416 e. The average molecular weight is 426 g/mol. The van der Waals surface area contributed by atoms with Gasteiger partial charge in [-0.3, -0.25) is 9.69 Å². The molecule has 1 saturated heterocycles. The highest BCUT2D eigenvalue weighted by Gasteiger charge is 2.40. The molecule has 0 aromatic heterocycles. The highest BCUT2D eigenvalue weighted by atomic mass is 19.4. The largest absolute Gasteiger partial charge is 0.486 e. The Balaban J connectivity index is 1.59. The molecule has 0 saturated carbocycles. The molecule has 1 aliphatic heterocycles. The highest BCUT2D eigenvalue weighted by Crippen LogP contribution is 2.30. The number of aliphatic hydroxyl groups is 1. The maximum absolute atomic E-state index is 13.4. The van der Waals surface area contributed by atoms with Crippen molar-refractivity contribution < 1.29 is 32.2 Å². The number of benzene rings is 2. The summed E-state index contributed by atoms with van der Waals surface area (Å²) >= 11 is 0. The van der Waals surface area contributed by atoms with Crippen LogP contribution in [0.25, 0.3) is 0 Å². The van der Waals surface area contributed by atoms with E-state index in [-0.39, 0.29) is 24.5 Å². The first kappa shape index (κ1) is 22.0. The number of anilines is 1. The molecular weight excluding hydrogens is 404 g/mol. The van der Waals surface area contributed by atoms with Crippen LogP contribution < -0.4 is 10.1 Å². The summed E-state index contributed by atoms with van der Waals surface area (Å²) in [6.07, 6.45) is -4.79. The van der Waals surface area contributed by atoms with Crippen LogP contribution in [0.3, 0.4) is 0 Å². The molecule has 1 aliphatic rings. The van der Waals surface area contributed by atoms with Gasteiger partial charge in [0, 0.05) is 24.8 Å². The Morgan fingerprint density at radius 3 is 2.60 bits per heavy atom. The standard InChI is InChI=1S/C21H22F4N2O3/c1-20(29)9-10-27(12-18(20)30-17-4-2-3-15(22)11-17)13-19(28)26-16-7-5-14(6-8-16)21(23,24)25/h2-8,11,18,29H,9-10,12-13H2,1H3,(H,26,28)/t18-,20-/m0/s1. The molecule has 2 aromatic carbocycles. The number of piperidine rings is 1. The van der Waals surface area contributed by atoms with Crippen molar-refractivity contribution in [1.29, 1.82) is 0 Å². The fourth-order valence-electron chi connectivity index (χ4n) is 3.23. The molecule has 162 valence electrons. The van der Waals surface area contributed by atoms with E-state index < -0.39 is 35.2 Å². The number of likely N-dealkylation sites (tertiary alicyclic amines) is 1. The van der Waals surface area contributed by atoms with Crippen LogP contribution in [0.2, 0.25) is 0 Å². The second-order valence-corrected chi connectivity index (χ2v) is 7.53. The summed E-state index contributed by atoms with van der Waals surface area (Å²) in [5, 5.41) is 13.2. The van der Waals surface area contributed by atoms with Gasteiger partial charge in [0.1, 0.15) is 23.3 Å². The molecule has 2 aromatic rings. The van der Waals surface area contributed by atoms with Gasteiger partial charge in [0.15, 0.2) is 0 Å². The summed E-state index contributed by atoms with van der Waals surface area (Å²) in [6, 6.07) is 9.76. The Morgan fingerprint density at radius 1 is 1.27 bits per heavy atom. The van der Waals surface area contributed by atoms with Crippen molar-refractivity contribution in [1.82, 2.24) is 4.90 Å². The number of amides is 1. The fourth-order valence-corrected chi connectivity index (χ4v) is 3.23. The molecule has 2 atom stereocenters. The van der Waals surface area contributed by atoms with E-state index in [9.17, 15) is 27.5 Å². The van der Waals surface area contributed by atoms with Gasteiger partial charge in [0.25, 0.3) is 0 Å². The van der Waals surface area contributed by atoms with Crippen molar-refractivity contribution in [3.05, 3.63) is 59.9 Å². The molecule has 3 rings (SSSR count). The van der Waals surface area contributed by atoms with Gasteiger partial charge < -0.3 is 15.2 Å². The van der Waals surface area contributed by atoms with E-state index in [1.165, 1.54) is 30.3 Å². The Morgan fingerprint density at radius 2 is 1.97 bits per heavy atom. The lowest BCUT2D eigenvalue weighted by atomic mass is 9.90. The summed E-state index contributed by atoms with van der Waals surface area (Å²) in [5.74, 6) is -0.590. The van der Waals surface area contributed by atoms with Crippen LogP contribution in [0.4, 0.5) is 23.2 Å². The van der Waals surface area contributed by atoms with Gasteiger partial charge in [-0.05, 0) is 49.7 Å². The van der Waals surface area contributed by atoms with E-state index in [0.29, 0.717) is 13.0 Å². The third kappa shape index (κ3) is 5.70. The smallest absolute Gasteiger partial charge is 0.416 e. The zero-order valence-electron chi connectivity index (χ0n) is 16.2. The lowest BCUT2D eigenvalue weighted by Crippen LogP contribution is -2.57. The predicted octanol–water partition coefficient (Wildman–Crippen LogP) is 3.69. The number of hydrogen-bond donors (Lipinski definition) is 2. The molecule has 0 spiro atoms. The van der Waals surface area contributed by atoms with Crippen LogP contribution in [0.15, 0.2) is 48.5 Å². The summed E-state index contributed by atoms with van der Waals surface area (Å²) in [7, 11) is 0. The van der Waals surface area contributed by atoms with Crippen LogP contribution in [-0.4, -0.2) is 47.3 Å². The minimum atomic E-state index is -4.44. The average Bonchev–Trinajstić information content (AvgIpc) is 2.64. The van der Waals surface area contributed by atoms with Crippen molar-refractivity contribution >= 4 is 11.6 Å². The fraction of sp³-hybridized carbons (Fsp3) is 0.381. The Hall–Kier alpha value is -2.65. The van der Waals surface area contributed by atoms with Gasteiger partial charge in [-0.25, -0.2) is 4.39 Å². The minimum absolute atomic E-state index is 0.0277. The van der Waals surface area contributed by atoms with E-state index >= 15 is 0 Å². The number of ether oxygens (including phenoxy) is 1. The summed E-state index contributed by atoms with van der Waals surface area (Å²) in [5.41, 5.74) is -1.70. The Labute approximate surface area is 171 Å². The van der Waals surface area contributed by atoms with Gasteiger partial charge in [0.05, 0.1) is 12.1 Å². The number of hydrogen-bond acceptors (Lipinski definition) is 4. The topological polar surface area (TPSA) is 61.8 Å². The molecule has 9 heteroatoms. The molecule has 1 fully saturated rings. The number of carbonyl (C=O) groups is 1. The Bertz CT molecular complexity index is 885. The number of nitrogens with zero attached hydrogens (tertiary/aromatic N) is 1. The molecule has 2 N–H and O–H groups in total. The maximum atomic E-state index is 13.4. The monoisotopic (exact) mass is 426 g/mol. The normalized spacial score (nSPS) is 22.5. The van der Waals surface area contributed by atoms with E-state index in [2.05, 4.69) is 5.32 Å². The summed E-state index contributed by atoms with van der Waals surface area (Å²) in [4.78, 5) is 14.1. The first-order valence-electron chi connectivity index (χ1n) is 9.37. The zero-order valence-corrected chi connectivity index (χ0v) is 16.2. The molecule has 30 heavy (non-hydrogen) atoms. The van der Waals surface area contributed by atoms with Crippen LogP contribution in [0.1, 0.15) is 18.9 Å². The minimum Gasteiger partial charge on any atom is -0.486 e.